The number of para-hydroxylation sites is 1. The maximum Gasteiger partial charge on any atom is 0.322 e. The summed E-state index contributed by atoms with van der Waals surface area (Å²) in [7, 11) is 0. The van der Waals surface area contributed by atoms with Gasteiger partial charge in [0, 0.05) is 30.1 Å². The maximum atomic E-state index is 13.6. The summed E-state index contributed by atoms with van der Waals surface area (Å²) in [5.74, 6) is -2.62. The molecule has 3 rings (SSSR count). The Morgan fingerprint density at radius 2 is 1.97 bits per heavy atom. The van der Waals surface area contributed by atoms with Crippen LogP contribution in [0, 0.1) is 5.92 Å². The first-order valence-corrected chi connectivity index (χ1v) is 11.1. The van der Waals surface area contributed by atoms with Crippen LogP contribution in [0.4, 0.5) is 0 Å². The molecule has 0 radical (unpaired) electrons. The van der Waals surface area contributed by atoms with Gasteiger partial charge in [-0.3, -0.25) is 19.2 Å². The Hall–Kier alpha value is -3.40. The van der Waals surface area contributed by atoms with Gasteiger partial charge in [-0.15, -0.1) is 0 Å². The van der Waals surface area contributed by atoms with Crippen LogP contribution in [-0.2, 0) is 25.6 Å². The molecule has 3 atom stereocenters. The van der Waals surface area contributed by atoms with Gasteiger partial charge in [0.05, 0.1) is 6.04 Å². The molecule has 0 bridgehead atoms. The first-order chi connectivity index (χ1) is 15.7. The van der Waals surface area contributed by atoms with Crippen LogP contribution in [0.15, 0.2) is 30.5 Å². The van der Waals surface area contributed by atoms with Crippen LogP contribution in [0.2, 0.25) is 0 Å². The fraction of sp³-hybridized carbons (Fsp3) is 0.478. The molecule has 33 heavy (non-hydrogen) atoms. The lowest BCUT2D eigenvalue weighted by atomic mass is 10.0. The van der Waals surface area contributed by atoms with Gasteiger partial charge in [-0.2, -0.15) is 0 Å². The molecule has 2 aromatic rings. The quantitative estimate of drug-likeness (QED) is 0.366. The first kappa shape index (κ1) is 24.2. The van der Waals surface area contributed by atoms with E-state index in [1.807, 2.05) is 38.1 Å². The van der Waals surface area contributed by atoms with E-state index < -0.39 is 48.4 Å². The molecule has 0 spiro atoms. The lowest BCUT2D eigenvalue weighted by Gasteiger charge is -2.29. The van der Waals surface area contributed by atoms with Gasteiger partial charge in [-0.25, -0.2) is 0 Å². The SMILES string of the molecule is CC(C)C(N)C(=O)NC(Cc1c[nH]c2ccccc12)C(=O)N1CCCC1C(=O)NCC(=O)O. The number of carbonyl (C=O) groups is 4. The summed E-state index contributed by atoms with van der Waals surface area (Å²) >= 11 is 0. The summed E-state index contributed by atoms with van der Waals surface area (Å²) < 4.78 is 0. The minimum atomic E-state index is -1.16. The van der Waals surface area contributed by atoms with Gasteiger partial charge in [0.25, 0.3) is 0 Å². The van der Waals surface area contributed by atoms with E-state index in [-0.39, 0.29) is 12.3 Å². The topological polar surface area (TPSA) is 158 Å². The number of nitrogens with two attached hydrogens (primary N) is 1. The Morgan fingerprint density at radius 1 is 1.24 bits per heavy atom. The summed E-state index contributed by atoms with van der Waals surface area (Å²) in [4.78, 5) is 54.2. The number of amides is 3. The number of aliphatic carboxylic acids is 1. The molecule has 3 unspecified atom stereocenters. The smallest absolute Gasteiger partial charge is 0.322 e. The van der Waals surface area contributed by atoms with Crippen molar-refractivity contribution in [3.63, 3.8) is 0 Å². The second-order valence-corrected chi connectivity index (χ2v) is 8.70. The number of hydrogen-bond acceptors (Lipinski definition) is 5. The molecule has 1 fully saturated rings. The van der Waals surface area contributed by atoms with E-state index in [1.54, 1.807) is 6.20 Å². The second-order valence-electron chi connectivity index (χ2n) is 8.70. The van der Waals surface area contributed by atoms with Crippen LogP contribution in [0.25, 0.3) is 10.9 Å². The largest absolute Gasteiger partial charge is 0.480 e. The highest BCUT2D eigenvalue weighted by Crippen LogP contribution is 2.23. The fourth-order valence-corrected chi connectivity index (χ4v) is 4.07. The maximum absolute atomic E-state index is 13.6. The molecule has 1 aromatic heterocycles. The number of aromatic nitrogens is 1. The van der Waals surface area contributed by atoms with Crippen molar-refractivity contribution in [2.45, 2.75) is 51.2 Å². The number of aromatic amines is 1. The van der Waals surface area contributed by atoms with Crippen LogP contribution in [0.1, 0.15) is 32.3 Å². The van der Waals surface area contributed by atoms with E-state index in [9.17, 15) is 19.2 Å². The highest BCUT2D eigenvalue weighted by atomic mass is 16.4. The Morgan fingerprint density at radius 3 is 2.67 bits per heavy atom. The number of benzene rings is 1. The molecule has 3 amide bonds. The van der Waals surface area contributed by atoms with Gasteiger partial charge in [0.1, 0.15) is 18.6 Å². The normalized spacial score (nSPS) is 17.7. The summed E-state index contributed by atoms with van der Waals surface area (Å²) in [5.41, 5.74) is 7.77. The molecule has 1 aliphatic heterocycles. The van der Waals surface area contributed by atoms with Crippen LogP contribution < -0.4 is 16.4 Å². The van der Waals surface area contributed by atoms with Crippen LogP contribution >= 0.6 is 0 Å². The number of hydrogen-bond donors (Lipinski definition) is 5. The summed E-state index contributed by atoms with van der Waals surface area (Å²) in [6, 6.07) is 5.17. The zero-order chi connectivity index (χ0) is 24.1. The van der Waals surface area contributed by atoms with Crippen molar-refractivity contribution in [1.29, 1.82) is 0 Å². The molecule has 2 heterocycles. The Kier molecular flexibility index (Phi) is 7.70. The molecule has 0 saturated carbocycles. The van der Waals surface area contributed by atoms with Crippen molar-refractivity contribution in [1.82, 2.24) is 20.5 Å². The molecule has 10 heteroatoms. The number of carboxylic acid groups (broad SMARTS) is 1. The minimum absolute atomic E-state index is 0.116. The average molecular weight is 458 g/mol. The molecular weight excluding hydrogens is 426 g/mol. The van der Waals surface area contributed by atoms with Crippen molar-refractivity contribution in [3.05, 3.63) is 36.0 Å². The number of carboxylic acids is 1. The number of fused-ring (bicyclic) bond motifs is 1. The lowest BCUT2D eigenvalue weighted by molar-refractivity contribution is -0.143. The van der Waals surface area contributed by atoms with E-state index in [2.05, 4.69) is 15.6 Å². The van der Waals surface area contributed by atoms with Crippen LogP contribution in [0.3, 0.4) is 0 Å². The number of rotatable bonds is 9. The Labute approximate surface area is 191 Å². The Balaban J connectivity index is 1.84. The molecule has 1 aromatic carbocycles. The van der Waals surface area contributed by atoms with Crippen molar-refractivity contribution in [2.24, 2.45) is 11.7 Å². The van der Waals surface area contributed by atoms with Crippen molar-refractivity contribution >= 4 is 34.6 Å². The van der Waals surface area contributed by atoms with Crippen molar-refractivity contribution in [2.75, 3.05) is 13.1 Å². The molecule has 1 aliphatic rings. The monoisotopic (exact) mass is 457 g/mol. The Bertz CT molecular complexity index is 1030. The minimum Gasteiger partial charge on any atom is -0.480 e. The van der Waals surface area contributed by atoms with E-state index in [0.29, 0.717) is 19.4 Å². The predicted molar refractivity (Wildman–Crippen MR) is 122 cm³/mol. The van der Waals surface area contributed by atoms with Crippen molar-refractivity contribution in [3.8, 4) is 0 Å². The number of nitrogens with zero attached hydrogens (tertiary/aromatic N) is 1. The predicted octanol–water partition coefficient (Wildman–Crippen LogP) is 0.370. The standard InChI is InChI=1S/C23H31N5O5/c1-13(2)20(24)22(32)27-17(10-14-11-25-16-7-4-3-6-15(14)16)23(33)28-9-5-8-18(28)21(31)26-12-19(29)30/h3-4,6-7,11,13,17-18,20,25H,5,8-10,12,24H2,1-2H3,(H,26,31)(H,27,32)(H,29,30). The molecular formula is C23H31N5O5. The number of H-pyrrole nitrogens is 1. The number of nitrogens with one attached hydrogen (secondary N) is 3. The van der Waals surface area contributed by atoms with E-state index in [0.717, 1.165) is 16.5 Å². The third kappa shape index (κ3) is 5.70. The van der Waals surface area contributed by atoms with Gasteiger partial charge in [-0.05, 0) is 30.4 Å². The van der Waals surface area contributed by atoms with Gasteiger partial charge in [0.15, 0.2) is 0 Å². The molecule has 178 valence electrons. The zero-order valence-electron chi connectivity index (χ0n) is 18.8. The van der Waals surface area contributed by atoms with Gasteiger partial charge in [0.2, 0.25) is 17.7 Å². The van der Waals surface area contributed by atoms with E-state index in [4.69, 9.17) is 10.8 Å². The average Bonchev–Trinajstić information content (AvgIpc) is 3.43. The molecule has 1 saturated heterocycles. The number of carbonyl (C=O) groups excluding carboxylic acids is 3. The third-order valence-electron chi connectivity index (χ3n) is 5.99. The van der Waals surface area contributed by atoms with Gasteiger partial charge in [-0.1, -0.05) is 32.0 Å². The first-order valence-electron chi connectivity index (χ1n) is 11.1. The highest BCUT2D eigenvalue weighted by Gasteiger charge is 2.38. The zero-order valence-corrected chi connectivity index (χ0v) is 18.8. The highest BCUT2D eigenvalue weighted by molar-refractivity contribution is 5.95. The van der Waals surface area contributed by atoms with E-state index in [1.165, 1.54) is 4.90 Å². The summed E-state index contributed by atoms with van der Waals surface area (Å²) in [6.07, 6.45) is 3.06. The third-order valence-corrected chi connectivity index (χ3v) is 5.99. The van der Waals surface area contributed by atoms with Crippen molar-refractivity contribution < 1.29 is 24.3 Å². The van der Waals surface area contributed by atoms with Gasteiger partial charge < -0.3 is 31.4 Å². The fourth-order valence-electron chi connectivity index (χ4n) is 4.07. The van der Waals surface area contributed by atoms with E-state index >= 15 is 0 Å². The molecule has 10 nitrogen and oxygen atoms in total. The summed E-state index contributed by atoms with van der Waals surface area (Å²) in [5, 5.41) is 14.9. The van der Waals surface area contributed by atoms with Gasteiger partial charge >= 0.3 is 5.97 Å². The molecule has 0 aliphatic carbocycles. The van der Waals surface area contributed by atoms with Crippen LogP contribution in [0.5, 0.6) is 0 Å². The number of likely N-dealkylation sites (tertiary alicyclic amines) is 1. The second kappa shape index (κ2) is 10.5. The molecule has 6 N–H and O–H groups in total. The van der Waals surface area contributed by atoms with Crippen LogP contribution in [-0.4, -0.2) is 69.9 Å². The summed E-state index contributed by atoms with van der Waals surface area (Å²) in [6.45, 7) is 3.48. The lowest BCUT2D eigenvalue weighted by Crippen LogP contribution is -2.57.